The Labute approximate surface area is 85.2 Å². The van der Waals surface area contributed by atoms with Gasteiger partial charge >= 0.3 is 0 Å². The van der Waals surface area contributed by atoms with Crippen molar-refractivity contribution in [2.75, 3.05) is 13.1 Å². The summed E-state index contributed by atoms with van der Waals surface area (Å²) >= 11 is 1.78. The molecule has 0 spiro atoms. The van der Waals surface area contributed by atoms with Gasteiger partial charge in [-0.2, -0.15) is 11.3 Å². The third kappa shape index (κ3) is 4.44. The summed E-state index contributed by atoms with van der Waals surface area (Å²) in [6.45, 7) is 6.80. The van der Waals surface area contributed by atoms with E-state index in [4.69, 9.17) is 0 Å². The molecule has 1 aromatic heterocycles. The summed E-state index contributed by atoms with van der Waals surface area (Å²) in [5.41, 5.74) is 1.46. The molecule has 1 aromatic rings. The molecule has 1 unspecified atom stereocenters. The topological polar surface area (TPSA) is 12.0 Å². The van der Waals surface area contributed by atoms with Crippen LogP contribution in [-0.4, -0.2) is 13.1 Å². The zero-order valence-corrected chi connectivity index (χ0v) is 9.36. The number of hydrogen-bond acceptors (Lipinski definition) is 2. The molecular weight excluding hydrogens is 178 g/mol. The predicted molar refractivity (Wildman–Crippen MR) is 60.3 cm³/mol. The van der Waals surface area contributed by atoms with Crippen LogP contribution in [0.3, 0.4) is 0 Å². The number of nitrogens with one attached hydrogen (secondary N) is 1. The normalized spacial score (nSPS) is 13.1. The van der Waals surface area contributed by atoms with E-state index in [2.05, 4.69) is 36.0 Å². The van der Waals surface area contributed by atoms with Gasteiger partial charge in [-0.1, -0.05) is 20.3 Å². The molecule has 1 heterocycles. The summed E-state index contributed by atoms with van der Waals surface area (Å²) in [5.74, 6) is 0.808. The SMILES string of the molecule is CCC(C)CNCCc1ccsc1. The van der Waals surface area contributed by atoms with E-state index in [0.29, 0.717) is 0 Å². The number of hydrogen-bond donors (Lipinski definition) is 1. The fourth-order valence-corrected chi connectivity index (χ4v) is 1.86. The van der Waals surface area contributed by atoms with Crippen molar-refractivity contribution in [2.24, 2.45) is 5.92 Å². The summed E-state index contributed by atoms with van der Waals surface area (Å²) in [5, 5.41) is 7.85. The van der Waals surface area contributed by atoms with Crippen LogP contribution < -0.4 is 5.32 Å². The van der Waals surface area contributed by atoms with Gasteiger partial charge < -0.3 is 5.32 Å². The van der Waals surface area contributed by atoms with Gasteiger partial charge in [0.2, 0.25) is 0 Å². The molecule has 0 saturated heterocycles. The summed E-state index contributed by atoms with van der Waals surface area (Å²) in [7, 11) is 0. The van der Waals surface area contributed by atoms with Crippen LogP contribution in [0, 0.1) is 5.92 Å². The van der Waals surface area contributed by atoms with Crippen LogP contribution in [0.5, 0.6) is 0 Å². The lowest BCUT2D eigenvalue weighted by molar-refractivity contribution is 0.502. The average Bonchev–Trinajstić information content (AvgIpc) is 2.64. The van der Waals surface area contributed by atoms with E-state index in [9.17, 15) is 0 Å². The van der Waals surface area contributed by atoms with E-state index in [-0.39, 0.29) is 0 Å². The van der Waals surface area contributed by atoms with Gasteiger partial charge in [0.1, 0.15) is 0 Å². The van der Waals surface area contributed by atoms with Gasteiger partial charge in [-0.05, 0) is 47.8 Å². The third-order valence-corrected chi connectivity index (χ3v) is 3.09. The zero-order chi connectivity index (χ0) is 9.52. The monoisotopic (exact) mass is 197 g/mol. The first-order valence-corrected chi connectivity index (χ1v) is 5.99. The van der Waals surface area contributed by atoms with Crippen LogP contribution in [0.25, 0.3) is 0 Å². The first-order valence-electron chi connectivity index (χ1n) is 5.04. The van der Waals surface area contributed by atoms with Gasteiger partial charge in [0.05, 0.1) is 0 Å². The molecule has 74 valence electrons. The Hall–Kier alpha value is -0.340. The van der Waals surface area contributed by atoms with Gasteiger partial charge in [-0.25, -0.2) is 0 Å². The van der Waals surface area contributed by atoms with Crippen molar-refractivity contribution in [2.45, 2.75) is 26.7 Å². The molecule has 0 fully saturated rings. The number of thiophene rings is 1. The first kappa shape index (κ1) is 10.7. The zero-order valence-electron chi connectivity index (χ0n) is 8.55. The Morgan fingerprint density at radius 3 is 3.00 bits per heavy atom. The van der Waals surface area contributed by atoms with Gasteiger partial charge in [-0.15, -0.1) is 0 Å². The second-order valence-electron chi connectivity index (χ2n) is 3.60. The maximum Gasteiger partial charge on any atom is -0.000794 e. The van der Waals surface area contributed by atoms with E-state index < -0.39 is 0 Å². The number of rotatable bonds is 6. The standard InChI is InChI=1S/C11H19NS/c1-3-10(2)8-12-6-4-11-5-7-13-9-11/h5,7,9-10,12H,3-4,6,8H2,1-2H3. The van der Waals surface area contributed by atoms with Crippen molar-refractivity contribution in [3.05, 3.63) is 22.4 Å². The van der Waals surface area contributed by atoms with E-state index >= 15 is 0 Å². The molecule has 0 radical (unpaired) electrons. The summed E-state index contributed by atoms with van der Waals surface area (Å²) in [6, 6.07) is 2.20. The van der Waals surface area contributed by atoms with Crippen LogP contribution in [0.15, 0.2) is 16.8 Å². The van der Waals surface area contributed by atoms with Crippen molar-refractivity contribution < 1.29 is 0 Å². The maximum absolute atomic E-state index is 3.48. The van der Waals surface area contributed by atoms with E-state index in [1.165, 1.54) is 18.4 Å². The second kappa shape index (κ2) is 6.17. The molecule has 0 amide bonds. The Balaban J connectivity index is 2.02. The van der Waals surface area contributed by atoms with Crippen molar-refractivity contribution in [3.8, 4) is 0 Å². The lowest BCUT2D eigenvalue weighted by atomic mass is 10.1. The van der Waals surface area contributed by atoms with Crippen molar-refractivity contribution >= 4 is 11.3 Å². The summed E-state index contributed by atoms with van der Waals surface area (Å²) < 4.78 is 0. The Kier molecular flexibility index (Phi) is 5.09. The Bertz CT molecular complexity index is 206. The largest absolute Gasteiger partial charge is 0.316 e. The summed E-state index contributed by atoms with van der Waals surface area (Å²) in [6.07, 6.45) is 2.44. The quantitative estimate of drug-likeness (QED) is 0.691. The molecule has 13 heavy (non-hydrogen) atoms. The van der Waals surface area contributed by atoms with Gasteiger partial charge in [0.15, 0.2) is 0 Å². The van der Waals surface area contributed by atoms with Crippen LogP contribution >= 0.6 is 11.3 Å². The highest BCUT2D eigenvalue weighted by atomic mass is 32.1. The molecule has 0 bridgehead atoms. The second-order valence-corrected chi connectivity index (χ2v) is 4.38. The average molecular weight is 197 g/mol. The highest BCUT2D eigenvalue weighted by Crippen LogP contribution is 2.05. The molecule has 0 saturated carbocycles. The van der Waals surface area contributed by atoms with E-state index in [0.717, 1.165) is 19.0 Å². The van der Waals surface area contributed by atoms with Crippen LogP contribution in [0.2, 0.25) is 0 Å². The predicted octanol–water partition coefficient (Wildman–Crippen LogP) is 2.93. The minimum absolute atomic E-state index is 0.808. The van der Waals surface area contributed by atoms with Gasteiger partial charge in [0.25, 0.3) is 0 Å². The van der Waals surface area contributed by atoms with Crippen molar-refractivity contribution in [3.63, 3.8) is 0 Å². The Morgan fingerprint density at radius 1 is 1.54 bits per heavy atom. The first-order chi connectivity index (χ1) is 6.33. The highest BCUT2D eigenvalue weighted by molar-refractivity contribution is 7.07. The van der Waals surface area contributed by atoms with E-state index in [1.807, 2.05) is 0 Å². The minimum Gasteiger partial charge on any atom is -0.316 e. The Morgan fingerprint density at radius 2 is 2.38 bits per heavy atom. The highest BCUT2D eigenvalue weighted by Gasteiger charge is 1.97. The van der Waals surface area contributed by atoms with Crippen LogP contribution in [0.4, 0.5) is 0 Å². The van der Waals surface area contributed by atoms with Gasteiger partial charge in [0, 0.05) is 0 Å². The summed E-state index contributed by atoms with van der Waals surface area (Å²) in [4.78, 5) is 0. The molecule has 0 aliphatic rings. The molecule has 0 aliphatic heterocycles. The van der Waals surface area contributed by atoms with E-state index in [1.54, 1.807) is 11.3 Å². The molecular formula is C11H19NS. The van der Waals surface area contributed by atoms with Gasteiger partial charge in [-0.3, -0.25) is 0 Å². The fourth-order valence-electron chi connectivity index (χ4n) is 1.16. The minimum atomic E-state index is 0.808. The molecule has 1 nitrogen and oxygen atoms in total. The molecule has 2 heteroatoms. The van der Waals surface area contributed by atoms with Crippen molar-refractivity contribution in [1.82, 2.24) is 5.32 Å². The molecule has 1 atom stereocenters. The smallest absolute Gasteiger partial charge is 0.000794 e. The molecule has 0 aromatic carbocycles. The molecule has 0 aliphatic carbocycles. The molecule has 1 N–H and O–H groups in total. The van der Waals surface area contributed by atoms with Crippen molar-refractivity contribution in [1.29, 1.82) is 0 Å². The lowest BCUT2D eigenvalue weighted by Gasteiger charge is -2.09. The lowest BCUT2D eigenvalue weighted by Crippen LogP contribution is -2.23. The fraction of sp³-hybridized carbons (Fsp3) is 0.636. The third-order valence-electron chi connectivity index (χ3n) is 2.36. The maximum atomic E-state index is 3.48. The van der Waals surface area contributed by atoms with Crippen LogP contribution in [0.1, 0.15) is 25.8 Å². The van der Waals surface area contributed by atoms with Crippen LogP contribution in [-0.2, 0) is 6.42 Å². The molecule has 1 rings (SSSR count).